The van der Waals surface area contributed by atoms with E-state index in [1.165, 1.54) is 22.2 Å². The number of amides is 2. The molecule has 2 rings (SSSR count). The molecule has 2 aromatic rings. The summed E-state index contributed by atoms with van der Waals surface area (Å²) in [6.45, 7) is 7.21. The largest absolute Gasteiger partial charge is 0.352 e. The van der Waals surface area contributed by atoms with Crippen molar-refractivity contribution in [3.05, 3.63) is 27.1 Å². The predicted molar refractivity (Wildman–Crippen MR) is 89.6 cm³/mol. The van der Waals surface area contributed by atoms with E-state index in [0.29, 0.717) is 10.2 Å². The van der Waals surface area contributed by atoms with Crippen LogP contribution in [0.25, 0.3) is 10.2 Å². The molecule has 2 aromatic heterocycles. The molecule has 0 atom stereocenters. The number of nitrogens with zero attached hydrogens (tertiary/aromatic N) is 2. The summed E-state index contributed by atoms with van der Waals surface area (Å²) in [4.78, 5) is 41.8. The fraction of sp³-hybridized carbons (Fsp3) is 0.467. The van der Waals surface area contributed by atoms with Crippen molar-refractivity contribution in [3.8, 4) is 0 Å². The third-order valence-electron chi connectivity index (χ3n) is 3.37. The van der Waals surface area contributed by atoms with Crippen LogP contribution in [0.1, 0.15) is 24.3 Å². The zero-order valence-corrected chi connectivity index (χ0v) is 14.4. The van der Waals surface area contributed by atoms with E-state index in [-0.39, 0.29) is 30.6 Å². The number of carbonyl (C=O) groups is 2. The minimum Gasteiger partial charge on any atom is -0.352 e. The summed E-state index contributed by atoms with van der Waals surface area (Å²) in [7, 11) is 0. The molecule has 0 unspecified atom stereocenters. The van der Waals surface area contributed by atoms with Gasteiger partial charge in [0.05, 0.1) is 18.3 Å². The number of fused-ring (bicyclic) bond motifs is 1. The second-order valence-corrected chi connectivity index (χ2v) is 6.84. The van der Waals surface area contributed by atoms with Gasteiger partial charge in [-0.3, -0.25) is 19.0 Å². The Morgan fingerprint density at radius 1 is 1.30 bits per heavy atom. The standard InChI is InChI=1S/C15H20N4O3S/c1-8(2)18-11(20)5-16-12(21)6-19-7-17-14-13(15(19)22)9(3)10(4)23-14/h7-8H,5-6H2,1-4H3,(H,16,21)(H,18,20). The molecule has 2 N–H and O–H groups in total. The first-order chi connectivity index (χ1) is 10.8. The number of carbonyl (C=O) groups excluding carboxylic acids is 2. The average molecular weight is 336 g/mol. The molecular formula is C15H20N4O3S. The van der Waals surface area contributed by atoms with Crippen LogP contribution >= 0.6 is 11.3 Å². The maximum Gasteiger partial charge on any atom is 0.262 e. The van der Waals surface area contributed by atoms with Crippen molar-refractivity contribution < 1.29 is 9.59 Å². The first kappa shape index (κ1) is 17.1. The number of hydrogen-bond donors (Lipinski definition) is 2. The van der Waals surface area contributed by atoms with Gasteiger partial charge in [-0.2, -0.15) is 0 Å². The van der Waals surface area contributed by atoms with E-state index in [1.54, 1.807) is 0 Å². The van der Waals surface area contributed by atoms with E-state index >= 15 is 0 Å². The molecule has 0 aliphatic heterocycles. The number of thiophene rings is 1. The smallest absolute Gasteiger partial charge is 0.262 e. The molecule has 0 saturated carbocycles. The van der Waals surface area contributed by atoms with Gasteiger partial charge in [0.15, 0.2) is 0 Å². The summed E-state index contributed by atoms with van der Waals surface area (Å²) in [6.07, 6.45) is 1.37. The van der Waals surface area contributed by atoms with Gasteiger partial charge in [0, 0.05) is 10.9 Å². The molecule has 124 valence electrons. The number of aryl methyl sites for hydroxylation is 2. The quantitative estimate of drug-likeness (QED) is 0.841. The fourth-order valence-corrected chi connectivity index (χ4v) is 3.13. The topological polar surface area (TPSA) is 93.1 Å². The van der Waals surface area contributed by atoms with Crippen LogP contribution < -0.4 is 16.2 Å². The SMILES string of the molecule is Cc1sc2ncn(CC(=O)NCC(=O)NC(C)C)c(=O)c2c1C. The summed E-state index contributed by atoms with van der Waals surface area (Å²) >= 11 is 1.46. The first-order valence-corrected chi connectivity index (χ1v) is 8.12. The van der Waals surface area contributed by atoms with Gasteiger partial charge >= 0.3 is 0 Å². The van der Waals surface area contributed by atoms with Crippen molar-refractivity contribution in [2.24, 2.45) is 0 Å². The van der Waals surface area contributed by atoms with Gasteiger partial charge in [-0.1, -0.05) is 0 Å². The third-order valence-corrected chi connectivity index (χ3v) is 4.48. The van der Waals surface area contributed by atoms with E-state index in [1.807, 2.05) is 27.7 Å². The van der Waals surface area contributed by atoms with Crippen LogP contribution in [-0.4, -0.2) is 34.0 Å². The first-order valence-electron chi connectivity index (χ1n) is 7.30. The summed E-state index contributed by atoms with van der Waals surface area (Å²) in [5.41, 5.74) is 0.659. The van der Waals surface area contributed by atoms with Crippen molar-refractivity contribution in [2.45, 2.75) is 40.3 Å². The van der Waals surface area contributed by atoms with Gasteiger partial charge in [-0.25, -0.2) is 4.98 Å². The molecular weight excluding hydrogens is 316 g/mol. The molecule has 0 spiro atoms. The molecule has 0 aliphatic rings. The Balaban J connectivity index is 2.08. The van der Waals surface area contributed by atoms with Gasteiger partial charge in [0.25, 0.3) is 5.56 Å². The second-order valence-electron chi connectivity index (χ2n) is 5.64. The maximum absolute atomic E-state index is 12.5. The molecule has 7 nitrogen and oxygen atoms in total. The van der Waals surface area contributed by atoms with Gasteiger partial charge in [0.1, 0.15) is 11.4 Å². The highest BCUT2D eigenvalue weighted by molar-refractivity contribution is 7.18. The molecule has 0 fully saturated rings. The lowest BCUT2D eigenvalue weighted by atomic mass is 10.2. The second kappa shape index (κ2) is 6.91. The van der Waals surface area contributed by atoms with Crippen LogP contribution in [0.2, 0.25) is 0 Å². The van der Waals surface area contributed by atoms with Gasteiger partial charge in [-0.15, -0.1) is 11.3 Å². The lowest BCUT2D eigenvalue weighted by Crippen LogP contribution is -2.41. The van der Waals surface area contributed by atoms with Crippen LogP contribution in [0.5, 0.6) is 0 Å². The molecule has 2 heterocycles. The Morgan fingerprint density at radius 3 is 2.65 bits per heavy atom. The molecule has 23 heavy (non-hydrogen) atoms. The minimum atomic E-state index is -0.406. The highest BCUT2D eigenvalue weighted by Gasteiger charge is 2.14. The highest BCUT2D eigenvalue weighted by Crippen LogP contribution is 2.25. The maximum atomic E-state index is 12.5. The van der Waals surface area contributed by atoms with E-state index in [9.17, 15) is 14.4 Å². The highest BCUT2D eigenvalue weighted by atomic mass is 32.1. The minimum absolute atomic E-state index is 0.0124. The van der Waals surface area contributed by atoms with E-state index in [4.69, 9.17) is 0 Å². The van der Waals surface area contributed by atoms with E-state index < -0.39 is 5.91 Å². The summed E-state index contributed by atoms with van der Waals surface area (Å²) in [6, 6.07) is 0.0124. The average Bonchev–Trinajstić information content (AvgIpc) is 2.75. The number of hydrogen-bond acceptors (Lipinski definition) is 5. The van der Waals surface area contributed by atoms with Crippen LogP contribution in [0, 0.1) is 13.8 Å². The van der Waals surface area contributed by atoms with Crippen LogP contribution in [0.3, 0.4) is 0 Å². The zero-order valence-electron chi connectivity index (χ0n) is 13.6. The molecule has 0 radical (unpaired) electrons. The summed E-state index contributed by atoms with van der Waals surface area (Å²) in [5.74, 6) is -0.671. The fourth-order valence-electron chi connectivity index (χ4n) is 2.15. The van der Waals surface area contributed by atoms with Crippen molar-refractivity contribution in [3.63, 3.8) is 0 Å². The van der Waals surface area contributed by atoms with Crippen molar-refractivity contribution in [1.82, 2.24) is 20.2 Å². The normalized spacial score (nSPS) is 11.0. The molecule has 8 heteroatoms. The van der Waals surface area contributed by atoms with Gasteiger partial charge < -0.3 is 10.6 Å². The zero-order chi connectivity index (χ0) is 17.1. The third kappa shape index (κ3) is 3.95. The molecule has 0 aliphatic carbocycles. The van der Waals surface area contributed by atoms with Crippen molar-refractivity contribution in [2.75, 3.05) is 6.54 Å². The molecule has 2 amide bonds. The molecule has 0 saturated heterocycles. The van der Waals surface area contributed by atoms with E-state index in [0.717, 1.165) is 10.4 Å². The Bertz CT molecular complexity index is 807. The molecule has 0 aromatic carbocycles. The van der Waals surface area contributed by atoms with Crippen molar-refractivity contribution in [1.29, 1.82) is 0 Å². The lowest BCUT2D eigenvalue weighted by molar-refractivity contribution is -0.126. The Kier molecular flexibility index (Phi) is 5.15. The molecule has 0 bridgehead atoms. The summed E-state index contributed by atoms with van der Waals surface area (Å²) in [5, 5.41) is 5.73. The predicted octanol–water partition coefficient (Wildman–Crippen LogP) is 0.716. The Hall–Kier alpha value is -2.22. The number of nitrogens with one attached hydrogen (secondary N) is 2. The van der Waals surface area contributed by atoms with Crippen LogP contribution in [0.15, 0.2) is 11.1 Å². The van der Waals surface area contributed by atoms with Gasteiger partial charge in [0.2, 0.25) is 11.8 Å². The van der Waals surface area contributed by atoms with Crippen LogP contribution in [0.4, 0.5) is 0 Å². The van der Waals surface area contributed by atoms with Gasteiger partial charge in [-0.05, 0) is 33.3 Å². The number of rotatable bonds is 5. The van der Waals surface area contributed by atoms with Crippen molar-refractivity contribution >= 4 is 33.4 Å². The van der Waals surface area contributed by atoms with E-state index in [2.05, 4.69) is 15.6 Å². The Labute approximate surface area is 137 Å². The lowest BCUT2D eigenvalue weighted by Gasteiger charge is -2.10. The number of aromatic nitrogens is 2. The summed E-state index contributed by atoms with van der Waals surface area (Å²) < 4.78 is 1.26. The Morgan fingerprint density at radius 2 is 2.00 bits per heavy atom. The monoisotopic (exact) mass is 336 g/mol. The van der Waals surface area contributed by atoms with Crippen LogP contribution in [-0.2, 0) is 16.1 Å².